The Morgan fingerprint density at radius 2 is 2.06 bits per heavy atom. The molecule has 1 atom stereocenters. The summed E-state index contributed by atoms with van der Waals surface area (Å²) in [6, 6.07) is 0.443. The van der Waals surface area contributed by atoms with Crippen molar-refractivity contribution in [2.24, 2.45) is 0 Å². The van der Waals surface area contributed by atoms with Gasteiger partial charge >= 0.3 is 0 Å². The van der Waals surface area contributed by atoms with Crippen molar-refractivity contribution in [1.82, 2.24) is 9.80 Å². The highest BCUT2D eigenvalue weighted by molar-refractivity contribution is 7.80. The molecule has 0 aromatic rings. The summed E-state index contributed by atoms with van der Waals surface area (Å²) < 4.78 is 0. The van der Waals surface area contributed by atoms with E-state index >= 15 is 0 Å². The summed E-state index contributed by atoms with van der Waals surface area (Å²) in [5.41, 5.74) is 0. The minimum absolute atomic E-state index is 0.265. The molecule has 16 heavy (non-hydrogen) atoms. The van der Waals surface area contributed by atoms with Gasteiger partial charge < -0.3 is 9.80 Å². The molecule has 0 aromatic carbocycles. The SMILES string of the molecule is CCC(=O)N(C)C1CCN(CC(C)S)CC1. The summed E-state index contributed by atoms with van der Waals surface area (Å²) in [5.74, 6) is 0.265. The van der Waals surface area contributed by atoms with Crippen LogP contribution < -0.4 is 0 Å². The van der Waals surface area contributed by atoms with Crippen molar-refractivity contribution in [3.63, 3.8) is 0 Å². The Bertz CT molecular complexity index is 225. The Hall–Kier alpha value is -0.220. The maximum atomic E-state index is 11.6. The van der Waals surface area contributed by atoms with Gasteiger partial charge in [0, 0.05) is 44.4 Å². The fraction of sp³-hybridized carbons (Fsp3) is 0.917. The molecule has 1 rings (SSSR count). The molecule has 0 aliphatic carbocycles. The van der Waals surface area contributed by atoms with Crippen LogP contribution in [0.1, 0.15) is 33.1 Å². The van der Waals surface area contributed by atoms with Crippen molar-refractivity contribution in [3.05, 3.63) is 0 Å². The summed E-state index contributed by atoms with van der Waals surface area (Å²) in [6.45, 7) is 7.30. The first kappa shape index (κ1) is 13.8. The van der Waals surface area contributed by atoms with Crippen LogP contribution in [0.25, 0.3) is 0 Å². The summed E-state index contributed by atoms with van der Waals surface area (Å²) >= 11 is 4.41. The monoisotopic (exact) mass is 244 g/mol. The smallest absolute Gasteiger partial charge is 0.222 e. The van der Waals surface area contributed by atoms with Crippen LogP contribution in [0.5, 0.6) is 0 Å². The van der Waals surface area contributed by atoms with Gasteiger partial charge in [-0.2, -0.15) is 12.6 Å². The molecular formula is C12H24N2OS. The first-order chi connectivity index (χ1) is 7.54. The minimum atomic E-state index is 0.265. The lowest BCUT2D eigenvalue weighted by atomic mass is 10.0. The number of likely N-dealkylation sites (tertiary alicyclic amines) is 1. The molecule has 1 aliphatic rings. The summed E-state index contributed by atoms with van der Waals surface area (Å²) in [4.78, 5) is 15.9. The van der Waals surface area contributed by atoms with Crippen LogP contribution in [0.2, 0.25) is 0 Å². The summed E-state index contributed by atoms with van der Waals surface area (Å²) in [7, 11) is 1.94. The van der Waals surface area contributed by atoms with Crippen molar-refractivity contribution in [3.8, 4) is 0 Å². The van der Waals surface area contributed by atoms with Gasteiger partial charge in [-0.15, -0.1) is 0 Å². The number of thiol groups is 1. The molecule has 1 heterocycles. The highest BCUT2D eigenvalue weighted by Crippen LogP contribution is 2.16. The van der Waals surface area contributed by atoms with Crippen LogP contribution in [0.3, 0.4) is 0 Å². The first-order valence-corrected chi connectivity index (χ1v) is 6.72. The number of nitrogens with zero attached hydrogens (tertiary/aromatic N) is 2. The molecule has 0 spiro atoms. The van der Waals surface area contributed by atoms with Crippen molar-refractivity contribution in [2.75, 3.05) is 26.7 Å². The standard InChI is InChI=1S/C12H24N2OS/c1-4-12(15)13(3)11-5-7-14(8-6-11)9-10(2)16/h10-11,16H,4-9H2,1-3H3. The molecule has 0 radical (unpaired) electrons. The third-order valence-corrected chi connectivity index (χ3v) is 3.49. The number of carbonyl (C=O) groups is 1. The van der Waals surface area contributed by atoms with Crippen LogP contribution in [-0.4, -0.2) is 53.7 Å². The van der Waals surface area contributed by atoms with Crippen LogP contribution in [0.4, 0.5) is 0 Å². The van der Waals surface area contributed by atoms with E-state index < -0.39 is 0 Å². The van der Waals surface area contributed by atoms with Gasteiger partial charge in [0.2, 0.25) is 5.91 Å². The van der Waals surface area contributed by atoms with Crippen LogP contribution in [-0.2, 0) is 4.79 Å². The molecule has 4 heteroatoms. The normalized spacial score (nSPS) is 20.8. The van der Waals surface area contributed by atoms with E-state index in [4.69, 9.17) is 0 Å². The third kappa shape index (κ3) is 3.98. The second kappa shape index (κ2) is 6.50. The lowest BCUT2D eigenvalue weighted by Gasteiger charge is -2.37. The predicted octanol–water partition coefficient (Wildman–Crippen LogP) is 1.64. The fourth-order valence-corrected chi connectivity index (χ4v) is 2.55. The van der Waals surface area contributed by atoms with E-state index in [-0.39, 0.29) is 5.91 Å². The van der Waals surface area contributed by atoms with E-state index in [1.54, 1.807) is 0 Å². The molecular weight excluding hydrogens is 220 g/mol. The molecule has 1 saturated heterocycles. The molecule has 1 amide bonds. The van der Waals surface area contributed by atoms with Gasteiger partial charge in [-0.1, -0.05) is 13.8 Å². The van der Waals surface area contributed by atoms with Crippen LogP contribution in [0, 0.1) is 0 Å². The highest BCUT2D eigenvalue weighted by Gasteiger charge is 2.24. The van der Waals surface area contributed by atoms with Gasteiger partial charge in [0.05, 0.1) is 0 Å². The zero-order valence-corrected chi connectivity index (χ0v) is 11.5. The van der Waals surface area contributed by atoms with Crippen LogP contribution >= 0.6 is 12.6 Å². The largest absolute Gasteiger partial charge is 0.343 e. The Labute approximate surface area is 105 Å². The Morgan fingerprint density at radius 3 is 2.50 bits per heavy atom. The quantitative estimate of drug-likeness (QED) is 0.760. The zero-order valence-electron chi connectivity index (χ0n) is 10.6. The van der Waals surface area contributed by atoms with Crippen molar-refractivity contribution >= 4 is 18.5 Å². The number of rotatable bonds is 4. The Balaban J connectivity index is 2.34. The molecule has 1 aliphatic heterocycles. The van der Waals surface area contributed by atoms with E-state index in [0.717, 1.165) is 32.5 Å². The van der Waals surface area contributed by atoms with Crippen LogP contribution in [0.15, 0.2) is 0 Å². The molecule has 94 valence electrons. The first-order valence-electron chi connectivity index (χ1n) is 6.20. The van der Waals surface area contributed by atoms with Gasteiger partial charge in [0.25, 0.3) is 0 Å². The zero-order chi connectivity index (χ0) is 12.1. The van der Waals surface area contributed by atoms with Crippen molar-refractivity contribution in [2.45, 2.75) is 44.4 Å². The topological polar surface area (TPSA) is 23.6 Å². The van der Waals surface area contributed by atoms with Crippen molar-refractivity contribution in [1.29, 1.82) is 0 Å². The molecule has 1 unspecified atom stereocenters. The van der Waals surface area contributed by atoms with Gasteiger partial charge in [0.1, 0.15) is 0 Å². The van der Waals surface area contributed by atoms with Gasteiger partial charge in [-0.05, 0) is 12.8 Å². The molecule has 0 N–H and O–H groups in total. The molecule has 3 nitrogen and oxygen atoms in total. The van der Waals surface area contributed by atoms with Gasteiger partial charge in [0.15, 0.2) is 0 Å². The average molecular weight is 244 g/mol. The van der Waals surface area contributed by atoms with E-state index in [2.05, 4.69) is 24.5 Å². The Morgan fingerprint density at radius 1 is 1.50 bits per heavy atom. The second-order valence-corrected chi connectivity index (χ2v) is 5.62. The number of amides is 1. The van der Waals surface area contributed by atoms with Crippen molar-refractivity contribution < 1.29 is 4.79 Å². The molecule has 0 saturated carbocycles. The van der Waals surface area contributed by atoms with Gasteiger partial charge in [-0.3, -0.25) is 4.79 Å². The van der Waals surface area contributed by atoms with E-state index in [0.29, 0.717) is 17.7 Å². The lowest BCUT2D eigenvalue weighted by molar-refractivity contribution is -0.132. The lowest BCUT2D eigenvalue weighted by Crippen LogP contribution is -2.46. The number of hydrogen-bond acceptors (Lipinski definition) is 3. The molecule has 1 fully saturated rings. The highest BCUT2D eigenvalue weighted by atomic mass is 32.1. The average Bonchev–Trinajstić information content (AvgIpc) is 2.27. The van der Waals surface area contributed by atoms with E-state index in [1.165, 1.54) is 0 Å². The van der Waals surface area contributed by atoms with E-state index in [1.807, 2.05) is 18.9 Å². The van der Waals surface area contributed by atoms with E-state index in [9.17, 15) is 4.79 Å². The summed E-state index contributed by atoms with van der Waals surface area (Å²) in [5, 5.41) is 0.437. The predicted molar refractivity (Wildman–Crippen MR) is 71.0 cm³/mol. The number of piperidine rings is 1. The number of carbonyl (C=O) groups excluding carboxylic acids is 1. The maximum Gasteiger partial charge on any atom is 0.222 e. The maximum absolute atomic E-state index is 11.6. The fourth-order valence-electron chi connectivity index (χ4n) is 2.32. The minimum Gasteiger partial charge on any atom is -0.343 e. The Kier molecular flexibility index (Phi) is 5.62. The number of hydrogen-bond donors (Lipinski definition) is 1. The molecule has 0 aromatic heterocycles. The summed E-state index contributed by atoms with van der Waals surface area (Å²) in [6.07, 6.45) is 2.82. The third-order valence-electron chi connectivity index (χ3n) is 3.32. The second-order valence-electron chi connectivity index (χ2n) is 4.74. The molecule has 0 bridgehead atoms. The van der Waals surface area contributed by atoms with Gasteiger partial charge in [-0.25, -0.2) is 0 Å².